The van der Waals surface area contributed by atoms with Crippen LogP contribution in [0.3, 0.4) is 0 Å². The molecule has 3 aliphatic heterocycles. The zero-order valence-corrected chi connectivity index (χ0v) is 46.4. The van der Waals surface area contributed by atoms with E-state index in [4.69, 9.17) is 37.9 Å². The van der Waals surface area contributed by atoms with E-state index in [0.717, 1.165) is 5.57 Å². The third-order valence-corrected chi connectivity index (χ3v) is 21.0. The molecule has 24 nitrogen and oxygen atoms in total. The number of allylic oxidation sites excluding steroid dienone is 3. The first-order valence-electron chi connectivity index (χ1n) is 27.7. The Bertz CT molecular complexity index is 2290. The van der Waals surface area contributed by atoms with Crippen LogP contribution in [0.4, 0.5) is 0 Å². The molecule has 0 radical (unpaired) electrons. The first kappa shape index (κ1) is 62.2. The third kappa shape index (κ3) is 10.0. The molecule has 7 fully saturated rings. The molecule has 0 amide bonds. The number of fused-ring (bicyclic) bond motifs is 7. The molecule has 0 spiro atoms. The van der Waals surface area contributed by atoms with Crippen molar-refractivity contribution in [3.63, 3.8) is 0 Å². The van der Waals surface area contributed by atoms with Gasteiger partial charge < -0.3 is 104 Å². The van der Waals surface area contributed by atoms with Gasteiger partial charge in [0.2, 0.25) is 0 Å². The van der Waals surface area contributed by atoms with Gasteiger partial charge in [0.05, 0.1) is 37.4 Å². The summed E-state index contributed by atoms with van der Waals surface area (Å²) in [6.45, 7) is 14.3. The number of hydrogen-bond donors (Lipinski definition) is 13. The molecule has 24 heteroatoms. The Labute approximate surface area is 459 Å². The fraction of sp³-hybridized carbons (Fsp3) is 0.873. The summed E-state index contributed by atoms with van der Waals surface area (Å²) in [7, 11) is 0. The minimum Gasteiger partial charge on any atom is -0.479 e. The van der Waals surface area contributed by atoms with Gasteiger partial charge in [-0.1, -0.05) is 59.3 Å². The van der Waals surface area contributed by atoms with E-state index in [1.165, 1.54) is 6.92 Å². The summed E-state index contributed by atoms with van der Waals surface area (Å²) >= 11 is 0. The number of aliphatic hydroxyl groups excluding tert-OH is 12. The Morgan fingerprint density at radius 2 is 1.28 bits per heavy atom. The molecule has 27 atom stereocenters. The number of ether oxygens (including phenoxy) is 8. The lowest BCUT2D eigenvalue weighted by molar-refractivity contribution is -0.392. The second kappa shape index (κ2) is 22.6. The lowest BCUT2D eigenvalue weighted by Crippen LogP contribution is -2.72. The van der Waals surface area contributed by atoms with Gasteiger partial charge in [0.25, 0.3) is 0 Å². The molecule has 5 aliphatic carbocycles. The van der Waals surface area contributed by atoms with Gasteiger partial charge in [-0.3, -0.25) is 4.79 Å². The van der Waals surface area contributed by atoms with E-state index in [-0.39, 0.29) is 31.3 Å². The highest BCUT2D eigenvalue weighted by Gasteiger charge is 2.74. The number of carboxylic acid groups (broad SMARTS) is 1. The zero-order valence-electron chi connectivity index (χ0n) is 46.4. The summed E-state index contributed by atoms with van der Waals surface area (Å²) < 4.78 is 47.7. The quantitative estimate of drug-likeness (QED) is 0.0415. The summed E-state index contributed by atoms with van der Waals surface area (Å²) in [6, 6.07) is 0. The van der Waals surface area contributed by atoms with Crippen molar-refractivity contribution in [2.45, 2.75) is 224 Å². The maximum atomic E-state index is 13.3. The predicted molar refractivity (Wildman–Crippen MR) is 269 cm³/mol. The Kier molecular flexibility index (Phi) is 17.8. The van der Waals surface area contributed by atoms with Crippen LogP contribution >= 0.6 is 0 Å². The van der Waals surface area contributed by atoms with E-state index in [9.17, 15) is 80.8 Å². The van der Waals surface area contributed by atoms with E-state index >= 15 is 0 Å². The van der Waals surface area contributed by atoms with Crippen LogP contribution in [0.2, 0.25) is 0 Å². The lowest BCUT2D eigenvalue weighted by Gasteiger charge is -2.72. The monoisotopic (exact) mass is 1130 g/mol. The molecule has 3 saturated heterocycles. The fourth-order valence-corrected chi connectivity index (χ4v) is 16.1. The highest BCUT2D eigenvalue weighted by atomic mass is 16.8. The van der Waals surface area contributed by atoms with Crippen molar-refractivity contribution in [2.75, 3.05) is 26.4 Å². The van der Waals surface area contributed by atoms with Gasteiger partial charge in [0.15, 0.2) is 25.0 Å². The average molecular weight is 1130 g/mol. The van der Waals surface area contributed by atoms with Gasteiger partial charge in [-0.2, -0.15) is 0 Å². The van der Waals surface area contributed by atoms with Crippen molar-refractivity contribution < 1.29 is 119 Å². The largest absolute Gasteiger partial charge is 0.479 e. The number of rotatable bonds is 14. The van der Waals surface area contributed by atoms with Gasteiger partial charge in [0, 0.05) is 23.3 Å². The molecule has 3 heterocycles. The molecule has 0 bridgehead atoms. The van der Waals surface area contributed by atoms with E-state index in [0.29, 0.717) is 37.7 Å². The number of carboxylic acids is 1. The normalized spacial score (nSPS) is 50.6. The molecule has 0 aromatic carbocycles. The number of aliphatic carboxylic acids is 1. The van der Waals surface area contributed by atoms with Gasteiger partial charge in [-0.05, 0) is 92.8 Å². The maximum absolute atomic E-state index is 13.3. The first-order valence-corrected chi connectivity index (χ1v) is 27.7. The van der Waals surface area contributed by atoms with Crippen LogP contribution in [0.1, 0.15) is 107 Å². The average Bonchev–Trinajstić information content (AvgIpc) is 3.39. The van der Waals surface area contributed by atoms with E-state index < -0.39 is 193 Å². The molecule has 0 aromatic rings. The number of esters is 2. The Morgan fingerprint density at radius 3 is 1.81 bits per heavy atom. The van der Waals surface area contributed by atoms with Crippen molar-refractivity contribution in [3.05, 3.63) is 23.3 Å². The third-order valence-electron chi connectivity index (χ3n) is 21.0. The van der Waals surface area contributed by atoms with Crippen LogP contribution in [0.15, 0.2) is 23.3 Å². The smallest absolute Gasteiger partial charge is 0.335 e. The Hall–Kier alpha value is -2.83. The van der Waals surface area contributed by atoms with Crippen molar-refractivity contribution in [1.82, 2.24) is 0 Å². The number of aliphatic hydroxyl groups is 12. The molecule has 0 unspecified atom stereocenters. The standard InChI is InChI=1S/C55H86O24/c1-10-23(2)46(71)79-44-43(68)55(22-72-24(3)59)26(17-50(44,4)5)25-11-12-30-51(6)15-14-32(52(7,21-58)29(51)13-16-53(30,8)54(25,9)18-31(55)60)75-49-41(77-48-38(66)36(64)34(62)28(20-57)74-48)39(67)40(42(78-49)45(69)70)76-47-37(65)35(63)33(61)27(19-56)73-47/h10-11,26-44,47-49,56-58,60-68H,12-22H2,1-9H3,(H,69,70)/b23-10-/t26-,27+,28+,29+,30+,31-,32-,33+,34+,35-,36-,37+,38+,39-,40-,41+,42-,43-,44-,47-,48-,49+,51-,52-,53+,54+,55-/m1/s1. The van der Waals surface area contributed by atoms with Crippen LogP contribution in [-0.4, -0.2) is 227 Å². The second-order valence-corrected chi connectivity index (χ2v) is 25.6. The molecule has 13 N–H and O–H groups in total. The lowest BCUT2D eigenvalue weighted by atomic mass is 9.33. The van der Waals surface area contributed by atoms with Crippen LogP contribution < -0.4 is 0 Å². The highest BCUT2D eigenvalue weighted by Crippen LogP contribution is 2.76. The second-order valence-electron chi connectivity index (χ2n) is 25.6. The molecule has 0 aromatic heterocycles. The van der Waals surface area contributed by atoms with Crippen LogP contribution in [0, 0.1) is 50.2 Å². The summed E-state index contributed by atoms with van der Waals surface area (Å²) in [5.74, 6) is -3.82. The van der Waals surface area contributed by atoms with Gasteiger partial charge in [0.1, 0.15) is 86.0 Å². The molecule has 8 rings (SSSR count). The highest BCUT2D eigenvalue weighted by molar-refractivity contribution is 5.87. The summed E-state index contributed by atoms with van der Waals surface area (Å²) in [6.07, 6.45) is -26.8. The molecular weight excluding hydrogens is 1040 g/mol. The minimum atomic E-state index is -2.18. The van der Waals surface area contributed by atoms with Crippen LogP contribution in [0.25, 0.3) is 0 Å². The SMILES string of the molecule is C/C=C(/C)C(=O)O[C@@H]1[C@@H](O)[C@@]2(COC(C)=O)[C@H](O)C[C@@]3(C)C(=CC[C@H]4[C@]5(C)CC[C@@H](O[C@H]6O[C@@H](C(=O)O)[C@H](O[C@H]7O[C@@H](CO)[C@H](O)[C@@H](O)[C@@H]7O)[C@@H](O)[C@@H]6O[C@H]6O[C@@H](CO)[C@H](O)[C@@H](O)[C@@H]6O)[C@](C)(CO)[C@H]5CC[C@@]43C)[C@H]2CC1(C)C. The van der Waals surface area contributed by atoms with E-state index in [2.05, 4.69) is 26.8 Å². The number of carbonyl (C=O) groups is 3. The van der Waals surface area contributed by atoms with Crippen molar-refractivity contribution >= 4 is 17.9 Å². The topological polar surface area (TPSA) is 388 Å². The van der Waals surface area contributed by atoms with E-state index in [1.54, 1.807) is 19.9 Å². The van der Waals surface area contributed by atoms with Crippen molar-refractivity contribution in [2.24, 2.45) is 50.2 Å². The first-order chi connectivity index (χ1) is 36.9. The number of carbonyl (C=O) groups excluding carboxylic acids is 2. The summed E-state index contributed by atoms with van der Waals surface area (Å²) in [5, 5.41) is 144. The Morgan fingerprint density at radius 1 is 0.696 bits per heavy atom. The molecular formula is C55H86O24. The van der Waals surface area contributed by atoms with Gasteiger partial charge >= 0.3 is 17.9 Å². The molecule has 8 aliphatic rings. The van der Waals surface area contributed by atoms with Gasteiger partial charge in [-0.25, -0.2) is 9.59 Å². The van der Waals surface area contributed by atoms with E-state index in [1.807, 2.05) is 20.8 Å². The minimum absolute atomic E-state index is 0.0849. The van der Waals surface area contributed by atoms with Gasteiger partial charge in [-0.15, -0.1) is 0 Å². The van der Waals surface area contributed by atoms with Crippen molar-refractivity contribution in [1.29, 1.82) is 0 Å². The predicted octanol–water partition coefficient (Wildman–Crippen LogP) is -1.32. The maximum Gasteiger partial charge on any atom is 0.335 e. The van der Waals surface area contributed by atoms with Crippen LogP contribution in [-0.2, 0) is 52.3 Å². The fourth-order valence-electron chi connectivity index (χ4n) is 16.1. The summed E-state index contributed by atoms with van der Waals surface area (Å²) in [5.41, 5.74) is -3.78. The molecule has 79 heavy (non-hydrogen) atoms. The zero-order chi connectivity index (χ0) is 58.4. The van der Waals surface area contributed by atoms with Crippen LogP contribution in [0.5, 0.6) is 0 Å². The number of hydrogen-bond acceptors (Lipinski definition) is 23. The Balaban J connectivity index is 1.11. The van der Waals surface area contributed by atoms with Crippen molar-refractivity contribution in [3.8, 4) is 0 Å². The summed E-state index contributed by atoms with van der Waals surface area (Å²) in [4.78, 5) is 39.0. The molecule has 450 valence electrons. The molecule has 4 saturated carbocycles.